The van der Waals surface area contributed by atoms with Crippen molar-refractivity contribution in [2.75, 3.05) is 47.9 Å². The first kappa shape index (κ1) is 35.7. The Labute approximate surface area is 254 Å². The van der Waals surface area contributed by atoms with Gasteiger partial charge in [0.2, 0.25) is 5.91 Å². The summed E-state index contributed by atoms with van der Waals surface area (Å²) in [4.78, 5) is 18.1. The van der Waals surface area contributed by atoms with Crippen LogP contribution in [0.25, 0.3) is 0 Å². The maximum Gasteiger partial charge on any atom is 0.236 e. The van der Waals surface area contributed by atoms with Gasteiger partial charge in [0.15, 0.2) is 0 Å². The second kappa shape index (κ2) is 19.7. The van der Waals surface area contributed by atoms with Crippen LogP contribution in [-0.4, -0.2) is 63.7 Å². The highest BCUT2D eigenvalue weighted by molar-refractivity contribution is 5.89. The second-order valence-corrected chi connectivity index (χ2v) is 13.2. The smallest absolute Gasteiger partial charge is 0.236 e. The summed E-state index contributed by atoms with van der Waals surface area (Å²) in [5.41, 5.74) is -0.880. The molecular formula is C36H66N2O3. The molecule has 0 aromatic rings. The average Bonchev–Trinajstić information content (AvgIpc) is 3.26. The minimum absolute atomic E-state index is 0.216. The quantitative estimate of drug-likeness (QED) is 0.108. The molecule has 1 aliphatic heterocycles. The summed E-state index contributed by atoms with van der Waals surface area (Å²) in [5.74, 6) is 2.17. The van der Waals surface area contributed by atoms with Gasteiger partial charge < -0.3 is 19.3 Å². The van der Waals surface area contributed by atoms with Crippen molar-refractivity contribution >= 4 is 5.91 Å². The number of ether oxygens (including phenoxy) is 2. The Kier molecular flexibility index (Phi) is 17.1. The van der Waals surface area contributed by atoms with Crippen LogP contribution in [0, 0.1) is 10.8 Å². The minimum Gasteiger partial charge on any atom is -0.500 e. The van der Waals surface area contributed by atoms with Gasteiger partial charge in [-0.2, -0.15) is 0 Å². The van der Waals surface area contributed by atoms with E-state index in [0.29, 0.717) is 0 Å². The molecule has 0 aromatic carbocycles. The van der Waals surface area contributed by atoms with Crippen LogP contribution in [0.5, 0.6) is 0 Å². The van der Waals surface area contributed by atoms with Gasteiger partial charge in [0.05, 0.1) is 25.0 Å². The van der Waals surface area contributed by atoms with Gasteiger partial charge in [-0.15, -0.1) is 0 Å². The number of nitrogens with zero attached hydrogens (tertiary/aromatic N) is 2. The SMILES string of the molecule is CCCCCCCCCCC1(CCCCCCCCCC)C(OC)=CC2(C=C1OC)CCN(CCCN(C)C)C2=O. The Hall–Kier alpha value is -1.49. The van der Waals surface area contributed by atoms with Crippen LogP contribution in [0.3, 0.4) is 0 Å². The fourth-order valence-corrected chi connectivity index (χ4v) is 7.04. The molecular weight excluding hydrogens is 508 g/mol. The summed E-state index contributed by atoms with van der Waals surface area (Å²) in [6.07, 6.45) is 29.2. The average molecular weight is 575 g/mol. The maximum absolute atomic E-state index is 13.8. The molecule has 0 unspecified atom stereocenters. The zero-order valence-corrected chi connectivity index (χ0v) is 28.0. The van der Waals surface area contributed by atoms with Crippen molar-refractivity contribution in [2.24, 2.45) is 10.8 Å². The van der Waals surface area contributed by atoms with Crippen LogP contribution >= 0.6 is 0 Å². The summed E-state index contributed by atoms with van der Waals surface area (Å²) in [7, 11) is 7.80. The van der Waals surface area contributed by atoms with Gasteiger partial charge >= 0.3 is 0 Å². The van der Waals surface area contributed by atoms with Crippen molar-refractivity contribution in [3.8, 4) is 0 Å². The Morgan fingerprint density at radius 3 is 1.56 bits per heavy atom. The van der Waals surface area contributed by atoms with Gasteiger partial charge in [0.25, 0.3) is 0 Å². The number of methoxy groups -OCH3 is 2. The highest BCUT2D eigenvalue weighted by atomic mass is 16.5. The molecule has 1 fully saturated rings. The maximum atomic E-state index is 13.8. The van der Waals surface area contributed by atoms with Crippen molar-refractivity contribution in [3.05, 3.63) is 23.7 Å². The number of likely N-dealkylation sites (tertiary alicyclic amines) is 1. The lowest BCUT2D eigenvalue weighted by Gasteiger charge is -2.42. The third-order valence-corrected chi connectivity index (χ3v) is 9.59. The number of hydrogen-bond donors (Lipinski definition) is 0. The molecule has 0 radical (unpaired) electrons. The fraction of sp³-hybridized carbons (Fsp3) is 0.861. The predicted octanol–water partition coefficient (Wildman–Crippen LogP) is 9.28. The number of rotatable bonds is 24. The standard InChI is InChI=1S/C36H66N2O3/c1-7-9-11-13-15-17-19-21-24-36(25-22-20-18-16-14-12-10-8-2)32(40-5)30-35(31-33(36)41-6)26-29-38(34(35)39)28-23-27-37(3)4/h30-31H,7-29H2,1-6H3. The summed E-state index contributed by atoms with van der Waals surface area (Å²) in [6, 6.07) is 0. The van der Waals surface area contributed by atoms with E-state index in [1.807, 2.05) is 14.2 Å². The summed E-state index contributed by atoms with van der Waals surface area (Å²) < 4.78 is 12.5. The number of hydrogen-bond acceptors (Lipinski definition) is 4. The third kappa shape index (κ3) is 10.9. The molecule has 0 aromatic heterocycles. The van der Waals surface area contributed by atoms with Crippen molar-refractivity contribution in [1.82, 2.24) is 9.80 Å². The van der Waals surface area contributed by atoms with E-state index in [2.05, 4.69) is 49.9 Å². The number of carbonyl (C=O) groups is 1. The molecule has 2 rings (SSSR count). The van der Waals surface area contributed by atoms with Crippen molar-refractivity contribution in [1.29, 1.82) is 0 Å². The van der Waals surface area contributed by atoms with E-state index in [0.717, 1.165) is 56.8 Å². The van der Waals surface area contributed by atoms with E-state index in [4.69, 9.17) is 9.47 Å². The molecule has 238 valence electrons. The molecule has 1 saturated heterocycles. The molecule has 1 amide bonds. The van der Waals surface area contributed by atoms with E-state index >= 15 is 0 Å². The summed E-state index contributed by atoms with van der Waals surface area (Å²) >= 11 is 0. The minimum atomic E-state index is -0.628. The van der Waals surface area contributed by atoms with Crippen LogP contribution in [0.4, 0.5) is 0 Å². The van der Waals surface area contributed by atoms with E-state index in [9.17, 15) is 4.79 Å². The Bertz CT molecular complexity index is 744. The molecule has 0 bridgehead atoms. The normalized spacial score (nSPS) is 17.8. The lowest BCUT2D eigenvalue weighted by Crippen LogP contribution is -2.40. The molecule has 5 nitrogen and oxygen atoms in total. The van der Waals surface area contributed by atoms with Crippen molar-refractivity contribution in [2.45, 2.75) is 142 Å². The first-order valence-corrected chi connectivity index (χ1v) is 17.4. The van der Waals surface area contributed by atoms with Gasteiger partial charge in [-0.3, -0.25) is 4.79 Å². The highest BCUT2D eigenvalue weighted by Crippen LogP contribution is 2.54. The number of carbonyl (C=O) groups excluding carboxylic acids is 1. The fourth-order valence-electron chi connectivity index (χ4n) is 7.04. The van der Waals surface area contributed by atoms with Gasteiger partial charge in [0.1, 0.15) is 11.5 Å². The molecule has 1 heterocycles. The van der Waals surface area contributed by atoms with Gasteiger partial charge in [-0.25, -0.2) is 0 Å². The molecule has 1 aliphatic carbocycles. The van der Waals surface area contributed by atoms with Crippen LogP contribution in [0.2, 0.25) is 0 Å². The summed E-state index contributed by atoms with van der Waals surface area (Å²) in [6.45, 7) is 7.17. The molecule has 1 spiro atoms. The first-order valence-electron chi connectivity index (χ1n) is 17.4. The van der Waals surface area contributed by atoms with Gasteiger partial charge in [-0.1, -0.05) is 117 Å². The molecule has 0 saturated carbocycles. The third-order valence-electron chi connectivity index (χ3n) is 9.59. The van der Waals surface area contributed by atoms with Gasteiger partial charge in [0, 0.05) is 13.1 Å². The Morgan fingerprint density at radius 2 is 1.15 bits per heavy atom. The first-order chi connectivity index (χ1) is 19.9. The zero-order valence-electron chi connectivity index (χ0n) is 28.0. The van der Waals surface area contributed by atoms with E-state index in [1.165, 1.54) is 103 Å². The van der Waals surface area contributed by atoms with Crippen molar-refractivity contribution < 1.29 is 14.3 Å². The highest BCUT2D eigenvalue weighted by Gasteiger charge is 2.52. The molecule has 41 heavy (non-hydrogen) atoms. The van der Waals surface area contributed by atoms with Crippen LogP contribution in [-0.2, 0) is 14.3 Å². The lowest BCUT2D eigenvalue weighted by atomic mass is 9.66. The zero-order chi connectivity index (χ0) is 30.0. The lowest BCUT2D eigenvalue weighted by molar-refractivity contribution is -0.132. The summed E-state index contributed by atoms with van der Waals surface area (Å²) in [5, 5.41) is 0. The second-order valence-electron chi connectivity index (χ2n) is 13.2. The van der Waals surface area contributed by atoms with Crippen molar-refractivity contribution in [3.63, 3.8) is 0 Å². The van der Waals surface area contributed by atoms with Gasteiger partial charge in [-0.05, 0) is 58.5 Å². The predicted molar refractivity (Wildman–Crippen MR) is 174 cm³/mol. The van der Waals surface area contributed by atoms with E-state index in [1.54, 1.807) is 0 Å². The molecule has 2 aliphatic rings. The monoisotopic (exact) mass is 575 g/mol. The van der Waals surface area contributed by atoms with Crippen LogP contribution < -0.4 is 0 Å². The largest absolute Gasteiger partial charge is 0.500 e. The Morgan fingerprint density at radius 1 is 0.707 bits per heavy atom. The van der Waals surface area contributed by atoms with E-state index in [-0.39, 0.29) is 11.3 Å². The van der Waals surface area contributed by atoms with E-state index < -0.39 is 5.41 Å². The number of unbranched alkanes of at least 4 members (excludes halogenated alkanes) is 14. The van der Waals surface area contributed by atoms with Crippen LogP contribution in [0.15, 0.2) is 23.7 Å². The number of amides is 1. The Balaban J connectivity index is 2.14. The molecule has 0 atom stereocenters. The van der Waals surface area contributed by atoms with Crippen LogP contribution in [0.1, 0.15) is 142 Å². The molecule has 0 N–H and O–H groups in total. The topological polar surface area (TPSA) is 42.0 Å². The molecule has 5 heteroatoms.